The zero-order valence-corrected chi connectivity index (χ0v) is 19.5. The van der Waals surface area contributed by atoms with E-state index < -0.39 is 45.9 Å². The fourth-order valence-corrected chi connectivity index (χ4v) is 4.99. The van der Waals surface area contributed by atoms with Crippen LogP contribution in [-0.4, -0.2) is 39.8 Å². The first-order chi connectivity index (χ1) is 14.4. The number of rotatable bonds is 11. The standard InChI is InChI=1S/C20H26N4O5S2/c1-5-18(13-22)30(26,27)16(4)10-11-19(14-23)31(28,29)15(3)8-7-9-17(12-21)20(25)24-6-2/h5,9,11,15-16H,6-8,10H2,1-4H3,(H,24,25)/b17-9+,18-5+,19-11+. The van der Waals surface area contributed by atoms with Crippen LogP contribution in [0.5, 0.6) is 0 Å². The highest BCUT2D eigenvalue weighted by Crippen LogP contribution is 2.21. The zero-order chi connectivity index (χ0) is 24.2. The largest absolute Gasteiger partial charge is 0.352 e. The Morgan fingerprint density at radius 3 is 1.94 bits per heavy atom. The number of nitrogens with one attached hydrogen (secondary N) is 1. The van der Waals surface area contributed by atoms with E-state index in [0.717, 1.165) is 12.2 Å². The van der Waals surface area contributed by atoms with Crippen LogP contribution in [0.4, 0.5) is 0 Å². The minimum Gasteiger partial charge on any atom is -0.352 e. The van der Waals surface area contributed by atoms with Crippen LogP contribution < -0.4 is 5.32 Å². The van der Waals surface area contributed by atoms with E-state index in [1.807, 2.05) is 0 Å². The van der Waals surface area contributed by atoms with Crippen molar-refractivity contribution >= 4 is 25.6 Å². The lowest BCUT2D eigenvalue weighted by Gasteiger charge is -2.13. The van der Waals surface area contributed by atoms with Crippen LogP contribution in [0, 0.1) is 34.0 Å². The molecule has 0 spiro atoms. The zero-order valence-electron chi connectivity index (χ0n) is 17.9. The van der Waals surface area contributed by atoms with Crippen molar-refractivity contribution in [3.8, 4) is 18.2 Å². The van der Waals surface area contributed by atoms with E-state index in [0.29, 0.717) is 6.54 Å². The summed E-state index contributed by atoms with van der Waals surface area (Å²) in [6, 6.07) is 4.94. The van der Waals surface area contributed by atoms with E-state index in [-0.39, 0.29) is 24.8 Å². The van der Waals surface area contributed by atoms with E-state index in [1.165, 1.54) is 26.8 Å². The van der Waals surface area contributed by atoms with Crippen LogP contribution in [0.15, 0.2) is 33.6 Å². The molecule has 0 fully saturated rings. The third kappa shape index (κ3) is 7.67. The van der Waals surface area contributed by atoms with Crippen LogP contribution in [0.1, 0.15) is 47.0 Å². The Morgan fingerprint density at radius 1 is 0.935 bits per heavy atom. The average Bonchev–Trinajstić information content (AvgIpc) is 2.71. The second-order valence-electron chi connectivity index (χ2n) is 6.56. The third-order valence-electron chi connectivity index (χ3n) is 4.41. The van der Waals surface area contributed by atoms with E-state index in [2.05, 4.69) is 5.32 Å². The Bertz CT molecular complexity index is 1100. The van der Waals surface area contributed by atoms with Gasteiger partial charge in [-0.15, -0.1) is 0 Å². The fourth-order valence-electron chi connectivity index (χ4n) is 2.41. The summed E-state index contributed by atoms with van der Waals surface area (Å²) in [5.41, 5.74) is -0.126. The van der Waals surface area contributed by atoms with Crippen LogP contribution in [-0.2, 0) is 24.5 Å². The molecule has 1 N–H and O–H groups in total. The van der Waals surface area contributed by atoms with Crippen molar-refractivity contribution in [2.45, 2.75) is 57.5 Å². The van der Waals surface area contributed by atoms with Crippen LogP contribution in [0.3, 0.4) is 0 Å². The fraction of sp³-hybridized carbons (Fsp3) is 0.500. The number of hydrogen-bond donors (Lipinski definition) is 1. The van der Waals surface area contributed by atoms with Gasteiger partial charge < -0.3 is 5.32 Å². The second kappa shape index (κ2) is 12.7. The summed E-state index contributed by atoms with van der Waals surface area (Å²) < 4.78 is 50.0. The summed E-state index contributed by atoms with van der Waals surface area (Å²) in [5.74, 6) is -0.550. The van der Waals surface area contributed by atoms with Gasteiger partial charge in [-0.05, 0) is 47.0 Å². The average molecular weight is 467 g/mol. The van der Waals surface area contributed by atoms with Gasteiger partial charge in [-0.1, -0.05) is 18.2 Å². The van der Waals surface area contributed by atoms with Gasteiger partial charge in [0.25, 0.3) is 5.91 Å². The molecule has 2 unspecified atom stereocenters. The molecule has 31 heavy (non-hydrogen) atoms. The number of carbonyl (C=O) groups excluding carboxylic acids is 1. The Hall–Kier alpha value is -2.94. The van der Waals surface area contributed by atoms with Crippen molar-refractivity contribution < 1.29 is 21.6 Å². The molecule has 0 aromatic rings. The number of sulfone groups is 2. The first-order valence-electron chi connectivity index (χ1n) is 9.46. The van der Waals surface area contributed by atoms with Gasteiger partial charge in [-0.2, -0.15) is 15.8 Å². The first kappa shape index (κ1) is 28.1. The molecule has 168 valence electrons. The lowest BCUT2D eigenvalue weighted by molar-refractivity contribution is -0.117. The maximum Gasteiger partial charge on any atom is 0.261 e. The predicted molar refractivity (Wildman–Crippen MR) is 116 cm³/mol. The Kier molecular flexibility index (Phi) is 11.5. The van der Waals surface area contributed by atoms with Crippen molar-refractivity contribution in [1.82, 2.24) is 5.32 Å². The number of nitrogens with zero attached hydrogens (tertiary/aromatic N) is 3. The molecule has 2 atom stereocenters. The minimum absolute atomic E-state index is 0.0525. The Labute approximate surface area is 184 Å². The number of nitriles is 3. The molecule has 0 aliphatic carbocycles. The third-order valence-corrected chi connectivity index (χ3v) is 8.77. The number of carbonyl (C=O) groups is 1. The minimum atomic E-state index is -4.05. The van der Waals surface area contributed by atoms with Crippen LogP contribution in [0.25, 0.3) is 0 Å². The van der Waals surface area contributed by atoms with E-state index >= 15 is 0 Å². The van der Waals surface area contributed by atoms with Crippen molar-refractivity contribution in [2.75, 3.05) is 6.54 Å². The van der Waals surface area contributed by atoms with Gasteiger partial charge >= 0.3 is 0 Å². The smallest absolute Gasteiger partial charge is 0.261 e. The van der Waals surface area contributed by atoms with Crippen LogP contribution in [0.2, 0.25) is 0 Å². The SMILES string of the molecule is C/C=C(\C#N)S(=O)(=O)C(C)C/C=C(\C#N)S(=O)(=O)C(C)CC/C=C(\C#N)C(=O)NCC. The maximum atomic E-state index is 12.7. The van der Waals surface area contributed by atoms with Crippen molar-refractivity contribution in [2.24, 2.45) is 0 Å². The predicted octanol–water partition coefficient (Wildman–Crippen LogP) is 2.18. The number of allylic oxidation sites excluding steroid dienone is 5. The molecular weight excluding hydrogens is 440 g/mol. The van der Waals surface area contributed by atoms with Gasteiger partial charge in [0, 0.05) is 6.54 Å². The number of hydrogen-bond acceptors (Lipinski definition) is 8. The van der Waals surface area contributed by atoms with Crippen molar-refractivity contribution in [3.63, 3.8) is 0 Å². The summed E-state index contributed by atoms with van der Waals surface area (Å²) in [6.45, 7) is 6.16. The maximum absolute atomic E-state index is 12.7. The molecular formula is C20H26N4O5S2. The molecule has 0 radical (unpaired) electrons. The van der Waals surface area contributed by atoms with Gasteiger partial charge in [0.15, 0.2) is 19.7 Å². The molecule has 0 aromatic heterocycles. The summed E-state index contributed by atoms with van der Waals surface area (Å²) >= 11 is 0. The van der Waals surface area contributed by atoms with Gasteiger partial charge in [-0.25, -0.2) is 16.8 Å². The van der Waals surface area contributed by atoms with Gasteiger partial charge in [0.2, 0.25) is 0 Å². The normalized spacial score (nSPS) is 15.2. The monoisotopic (exact) mass is 466 g/mol. The molecule has 0 saturated heterocycles. The van der Waals surface area contributed by atoms with Crippen molar-refractivity contribution in [1.29, 1.82) is 15.8 Å². The molecule has 0 rings (SSSR count). The van der Waals surface area contributed by atoms with Gasteiger partial charge in [0.05, 0.1) is 10.5 Å². The topological polar surface area (TPSA) is 169 Å². The molecule has 9 nitrogen and oxygen atoms in total. The Balaban J connectivity index is 5.47. The lowest BCUT2D eigenvalue weighted by atomic mass is 10.1. The van der Waals surface area contributed by atoms with E-state index in [9.17, 15) is 26.9 Å². The van der Waals surface area contributed by atoms with Gasteiger partial charge in [0.1, 0.15) is 33.6 Å². The number of likely N-dealkylation sites (N-methyl/N-ethyl adjacent to an activating group) is 1. The van der Waals surface area contributed by atoms with Crippen molar-refractivity contribution in [3.05, 3.63) is 33.6 Å². The molecule has 0 saturated carbocycles. The molecule has 0 heterocycles. The first-order valence-corrected chi connectivity index (χ1v) is 12.6. The van der Waals surface area contributed by atoms with E-state index in [4.69, 9.17) is 10.5 Å². The summed E-state index contributed by atoms with van der Waals surface area (Å²) in [7, 11) is -7.98. The Morgan fingerprint density at radius 2 is 1.48 bits per heavy atom. The highest BCUT2D eigenvalue weighted by atomic mass is 32.2. The molecule has 0 bridgehead atoms. The highest BCUT2D eigenvalue weighted by molar-refractivity contribution is 7.96. The summed E-state index contributed by atoms with van der Waals surface area (Å²) in [6.07, 6.45) is 3.45. The summed E-state index contributed by atoms with van der Waals surface area (Å²) in [4.78, 5) is 10.7. The second-order valence-corrected chi connectivity index (χ2v) is 11.2. The highest BCUT2D eigenvalue weighted by Gasteiger charge is 2.28. The van der Waals surface area contributed by atoms with E-state index in [1.54, 1.807) is 25.1 Å². The molecule has 11 heteroatoms. The van der Waals surface area contributed by atoms with Gasteiger partial charge in [-0.3, -0.25) is 4.79 Å². The lowest BCUT2D eigenvalue weighted by Crippen LogP contribution is -2.24. The molecule has 0 aromatic carbocycles. The quantitative estimate of drug-likeness (QED) is 0.357. The molecule has 0 aliphatic heterocycles. The molecule has 1 amide bonds. The number of amides is 1. The molecule has 0 aliphatic rings. The van der Waals surface area contributed by atoms with Crippen LogP contribution >= 0.6 is 0 Å². The summed E-state index contributed by atoms with van der Waals surface area (Å²) in [5, 5.41) is 27.6.